The van der Waals surface area contributed by atoms with Crippen molar-refractivity contribution < 1.29 is 4.79 Å². The van der Waals surface area contributed by atoms with Crippen molar-refractivity contribution in [1.82, 2.24) is 10.3 Å². The van der Waals surface area contributed by atoms with E-state index < -0.39 is 0 Å². The van der Waals surface area contributed by atoms with Gasteiger partial charge in [0.2, 0.25) is 5.91 Å². The fourth-order valence-electron chi connectivity index (χ4n) is 3.82. The maximum Gasteiger partial charge on any atom is 0.224 e. The SMILES string of the molecule is O=C(Cc1c[nH]c2ccccc12)NCC1CCCc2ccccc21. The van der Waals surface area contributed by atoms with Gasteiger partial charge in [-0.25, -0.2) is 0 Å². The molecule has 0 saturated heterocycles. The van der Waals surface area contributed by atoms with Crippen LogP contribution >= 0.6 is 0 Å². The molecule has 0 spiro atoms. The zero-order valence-electron chi connectivity index (χ0n) is 13.7. The molecule has 0 saturated carbocycles. The van der Waals surface area contributed by atoms with Gasteiger partial charge in [0.25, 0.3) is 0 Å². The Morgan fingerprint density at radius 1 is 1.12 bits per heavy atom. The molecule has 3 heteroatoms. The summed E-state index contributed by atoms with van der Waals surface area (Å²) in [5.74, 6) is 0.546. The Labute approximate surface area is 142 Å². The molecule has 3 nitrogen and oxygen atoms in total. The van der Waals surface area contributed by atoms with Crippen molar-refractivity contribution >= 4 is 16.8 Å². The molecule has 1 aromatic heterocycles. The van der Waals surface area contributed by atoms with Gasteiger partial charge < -0.3 is 10.3 Å². The van der Waals surface area contributed by atoms with E-state index in [9.17, 15) is 4.79 Å². The van der Waals surface area contributed by atoms with E-state index in [-0.39, 0.29) is 5.91 Å². The van der Waals surface area contributed by atoms with E-state index >= 15 is 0 Å². The van der Waals surface area contributed by atoms with Crippen LogP contribution in [0.5, 0.6) is 0 Å². The average Bonchev–Trinajstić information content (AvgIpc) is 3.03. The van der Waals surface area contributed by atoms with Crippen molar-refractivity contribution in [2.45, 2.75) is 31.6 Å². The molecule has 4 rings (SSSR count). The molecule has 0 fully saturated rings. The monoisotopic (exact) mass is 318 g/mol. The van der Waals surface area contributed by atoms with Crippen LogP contribution in [0, 0.1) is 0 Å². The van der Waals surface area contributed by atoms with Crippen molar-refractivity contribution in [3.63, 3.8) is 0 Å². The molecular weight excluding hydrogens is 296 g/mol. The highest BCUT2D eigenvalue weighted by molar-refractivity contribution is 5.88. The fourth-order valence-corrected chi connectivity index (χ4v) is 3.82. The van der Waals surface area contributed by atoms with E-state index in [4.69, 9.17) is 0 Å². The largest absolute Gasteiger partial charge is 0.361 e. The van der Waals surface area contributed by atoms with Crippen LogP contribution in [0.2, 0.25) is 0 Å². The molecule has 2 aromatic carbocycles. The summed E-state index contributed by atoms with van der Waals surface area (Å²) in [7, 11) is 0. The molecule has 0 aliphatic heterocycles. The molecule has 24 heavy (non-hydrogen) atoms. The first-order chi connectivity index (χ1) is 11.8. The van der Waals surface area contributed by atoms with Gasteiger partial charge in [0, 0.05) is 29.6 Å². The van der Waals surface area contributed by atoms with Crippen molar-refractivity contribution in [3.05, 3.63) is 71.4 Å². The Kier molecular flexibility index (Phi) is 4.08. The number of aryl methyl sites for hydroxylation is 1. The van der Waals surface area contributed by atoms with Gasteiger partial charge in [-0.15, -0.1) is 0 Å². The number of aromatic amines is 1. The summed E-state index contributed by atoms with van der Waals surface area (Å²) >= 11 is 0. The number of amides is 1. The number of aromatic nitrogens is 1. The Bertz CT molecular complexity index is 865. The van der Waals surface area contributed by atoms with E-state index in [1.54, 1.807) is 0 Å². The predicted molar refractivity (Wildman–Crippen MR) is 97.1 cm³/mol. The number of hydrogen-bond acceptors (Lipinski definition) is 1. The quantitative estimate of drug-likeness (QED) is 0.752. The number of H-pyrrole nitrogens is 1. The molecule has 0 bridgehead atoms. The molecule has 0 radical (unpaired) electrons. The van der Waals surface area contributed by atoms with Gasteiger partial charge in [-0.05, 0) is 42.0 Å². The maximum absolute atomic E-state index is 12.4. The van der Waals surface area contributed by atoms with Gasteiger partial charge in [0.1, 0.15) is 0 Å². The van der Waals surface area contributed by atoms with Crippen LogP contribution in [0.25, 0.3) is 10.9 Å². The zero-order valence-corrected chi connectivity index (χ0v) is 13.7. The second-order valence-electron chi connectivity index (χ2n) is 6.63. The lowest BCUT2D eigenvalue weighted by molar-refractivity contribution is -0.120. The van der Waals surface area contributed by atoms with Crippen molar-refractivity contribution in [2.75, 3.05) is 6.54 Å². The molecule has 3 aromatic rings. The molecule has 2 N–H and O–H groups in total. The summed E-state index contributed by atoms with van der Waals surface area (Å²) in [6.07, 6.45) is 5.90. The average molecular weight is 318 g/mol. The topological polar surface area (TPSA) is 44.9 Å². The molecule has 1 amide bonds. The van der Waals surface area contributed by atoms with Gasteiger partial charge in [-0.1, -0.05) is 42.5 Å². The number of benzene rings is 2. The van der Waals surface area contributed by atoms with Crippen LogP contribution in [0.1, 0.15) is 35.4 Å². The third kappa shape index (κ3) is 2.94. The van der Waals surface area contributed by atoms with E-state index in [1.807, 2.05) is 24.4 Å². The van der Waals surface area contributed by atoms with Gasteiger partial charge in [0.05, 0.1) is 6.42 Å². The lowest BCUT2D eigenvalue weighted by atomic mass is 9.83. The number of carbonyl (C=O) groups excluding carboxylic acids is 1. The molecule has 1 atom stereocenters. The lowest BCUT2D eigenvalue weighted by Gasteiger charge is -2.25. The molecule has 1 unspecified atom stereocenters. The molecule has 1 heterocycles. The number of para-hydroxylation sites is 1. The number of nitrogens with one attached hydrogen (secondary N) is 2. The van der Waals surface area contributed by atoms with Crippen LogP contribution in [-0.2, 0) is 17.6 Å². The number of hydrogen-bond donors (Lipinski definition) is 2. The Morgan fingerprint density at radius 3 is 2.92 bits per heavy atom. The summed E-state index contributed by atoms with van der Waals surface area (Å²) < 4.78 is 0. The number of fused-ring (bicyclic) bond motifs is 2. The van der Waals surface area contributed by atoms with Crippen LogP contribution in [0.4, 0.5) is 0 Å². The predicted octanol–water partition coefficient (Wildman–Crippen LogP) is 3.95. The Morgan fingerprint density at radius 2 is 1.96 bits per heavy atom. The first kappa shape index (κ1) is 15.0. The van der Waals surface area contributed by atoms with Crippen LogP contribution < -0.4 is 5.32 Å². The minimum absolute atomic E-state index is 0.0998. The minimum Gasteiger partial charge on any atom is -0.361 e. The van der Waals surface area contributed by atoms with Crippen molar-refractivity contribution in [3.8, 4) is 0 Å². The first-order valence-corrected chi connectivity index (χ1v) is 8.71. The Hall–Kier alpha value is -2.55. The van der Waals surface area contributed by atoms with E-state index in [0.717, 1.165) is 35.9 Å². The number of rotatable bonds is 4. The minimum atomic E-state index is 0.0998. The normalized spacial score (nSPS) is 16.8. The standard InChI is InChI=1S/C21H22N2O/c24-21(12-17-14-22-20-11-4-3-10-19(17)20)23-13-16-8-5-7-15-6-1-2-9-18(15)16/h1-4,6,9-11,14,16,22H,5,7-8,12-13H2,(H,23,24). The zero-order chi connectivity index (χ0) is 16.4. The van der Waals surface area contributed by atoms with Crippen molar-refractivity contribution in [2.24, 2.45) is 0 Å². The highest BCUT2D eigenvalue weighted by Crippen LogP contribution is 2.30. The molecule has 122 valence electrons. The summed E-state index contributed by atoms with van der Waals surface area (Å²) in [6.45, 7) is 0.734. The lowest BCUT2D eigenvalue weighted by Crippen LogP contribution is -2.31. The molecule has 1 aliphatic rings. The Balaban J connectivity index is 1.41. The van der Waals surface area contributed by atoms with Gasteiger partial charge in [-0.2, -0.15) is 0 Å². The van der Waals surface area contributed by atoms with Crippen LogP contribution in [-0.4, -0.2) is 17.4 Å². The highest BCUT2D eigenvalue weighted by Gasteiger charge is 2.20. The summed E-state index contributed by atoms with van der Waals surface area (Å²) in [4.78, 5) is 15.6. The molecule has 1 aliphatic carbocycles. The van der Waals surface area contributed by atoms with Gasteiger partial charge in [-0.3, -0.25) is 4.79 Å². The second kappa shape index (κ2) is 6.52. The van der Waals surface area contributed by atoms with Crippen LogP contribution in [0.3, 0.4) is 0 Å². The van der Waals surface area contributed by atoms with E-state index in [1.165, 1.54) is 17.5 Å². The first-order valence-electron chi connectivity index (χ1n) is 8.71. The third-order valence-corrected chi connectivity index (χ3v) is 5.07. The number of carbonyl (C=O) groups is 1. The summed E-state index contributed by atoms with van der Waals surface area (Å²) in [5.41, 5.74) is 5.00. The molecular formula is C21H22N2O. The smallest absolute Gasteiger partial charge is 0.224 e. The maximum atomic E-state index is 12.4. The van der Waals surface area contributed by atoms with Gasteiger partial charge >= 0.3 is 0 Å². The van der Waals surface area contributed by atoms with Crippen LogP contribution in [0.15, 0.2) is 54.7 Å². The third-order valence-electron chi connectivity index (χ3n) is 5.07. The van der Waals surface area contributed by atoms with Gasteiger partial charge in [0.15, 0.2) is 0 Å². The summed E-state index contributed by atoms with van der Waals surface area (Å²) in [5, 5.41) is 4.28. The summed E-state index contributed by atoms with van der Waals surface area (Å²) in [6, 6.07) is 16.8. The van der Waals surface area contributed by atoms with E-state index in [0.29, 0.717) is 12.3 Å². The van der Waals surface area contributed by atoms with E-state index in [2.05, 4.69) is 40.6 Å². The fraction of sp³-hybridized carbons (Fsp3) is 0.286. The second-order valence-corrected chi connectivity index (χ2v) is 6.63. The highest BCUT2D eigenvalue weighted by atomic mass is 16.1. The van der Waals surface area contributed by atoms with Crippen molar-refractivity contribution in [1.29, 1.82) is 0 Å².